The zero-order valence-electron chi connectivity index (χ0n) is 11.5. The topological polar surface area (TPSA) is 45.2 Å². The molecule has 0 unspecified atom stereocenters. The molecule has 2 N–H and O–H groups in total. The summed E-state index contributed by atoms with van der Waals surface area (Å²) in [6.07, 6.45) is 2.29. The second-order valence-corrected chi connectivity index (χ2v) is 4.89. The van der Waals surface area contributed by atoms with Crippen molar-refractivity contribution < 1.29 is 14.2 Å². The van der Waals surface area contributed by atoms with Crippen LogP contribution in [-0.2, 0) is 13.0 Å². The summed E-state index contributed by atoms with van der Waals surface area (Å²) in [6.45, 7) is 0.422. The van der Waals surface area contributed by atoms with Crippen molar-refractivity contribution in [2.24, 2.45) is 0 Å². The van der Waals surface area contributed by atoms with E-state index >= 15 is 0 Å². The van der Waals surface area contributed by atoms with Gasteiger partial charge in [0.05, 0.1) is 5.52 Å². The van der Waals surface area contributed by atoms with E-state index in [1.54, 1.807) is 6.20 Å². The highest BCUT2D eigenvalue weighted by Crippen LogP contribution is 2.31. The van der Waals surface area contributed by atoms with Gasteiger partial charge in [0.1, 0.15) is 18.2 Å². The summed E-state index contributed by atoms with van der Waals surface area (Å²) in [6, 6.07) is 12.6. The Morgan fingerprint density at radius 2 is 1.95 bits per heavy atom. The van der Waals surface area contributed by atoms with E-state index in [-0.39, 0.29) is 12.4 Å². The van der Waals surface area contributed by atoms with Gasteiger partial charge in [-0.15, -0.1) is 0 Å². The molecule has 3 aromatic rings. The maximum absolute atomic E-state index is 13.7. The first-order valence-corrected chi connectivity index (χ1v) is 6.85. The van der Waals surface area contributed by atoms with Crippen LogP contribution in [0.3, 0.4) is 0 Å². The van der Waals surface area contributed by atoms with Crippen LogP contribution < -0.4 is 4.74 Å². The van der Waals surface area contributed by atoms with Crippen LogP contribution in [0.4, 0.5) is 4.39 Å². The Kier molecular flexibility index (Phi) is 3.88. The number of ether oxygens (including phenoxy) is 1. The van der Waals surface area contributed by atoms with Gasteiger partial charge in [0, 0.05) is 24.3 Å². The quantitative estimate of drug-likeness (QED) is 0.754. The molecule has 0 amide bonds. The molecule has 1 aromatic heterocycles. The molecule has 0 aliphatic carbocycles. The Hall–Kier alpha value is -2.33. The third kappa shape index (κ3) is 2.90. The minimum Gasteiger partial charge on any atom is -0.488 e. The van der Waals surface area contributed by atoms with Gasteiger partial charge in [0.25, 0.3) is 0 Å². The Morgan fingerprint density at radius 1 is 1.14 bits per heavy atom. The van der Waals surface area contributed by atoms with Crippen LogP contribution >= 0.6 is 0 Å². The molecule has 0 saturated carbocycles. The molecule has 0 aliphatic rings. The van der Waals surface area contributed by atoms with Crippen molar-refractivity contribution in [1.29, 1.82) is 0 Å². The fourth-order valence-electron chi connectivity index (χ4n) is 2.43. The predicted molar refractivity (Wildman–Crippen MR) is 79.8 cm³/mol. The standard InChI is InChI=1S/C17H16FNO2/c18-14-8-15-17(13(6-7-20)10-19-15)16(9-14)21-11-12-4-2-1-3-5-12/h1-5,8-10,19-20H,6-7,11H2. The van der Waals surface area contributed by atoms with E-state index in [1.807, 2.05) is 30.3 Å². The predicted octanol–water partition coefficient (Wildman–Crippen LogP) is 3.42. The third-order valence-corrected chi connectivity index (χ3v) is 3.41. The number of hydrogen-bond acceptors (Lipinski definition) is 2. The van der Waals surface area contributed by atoms with E-state index in [4.69, 9.17) is 9.84 Å². The number of aliphatic hydroxyl groups is 1. The number of rotatable bonds is 5. The Labute approximate surface area is 122 Å². The minimum atomic E-state index is -0.344. The molecule has 4 heteroatoms. The Balaban J connectivity index is 1.94. The summed E-state index contributed by atoms with van der Waals surface area (Å²) in [5, 5.41) is 9.96. The monoisotopic (exact) mass is 285 g/mol. The van der Waals surface area contributed by atoms with Gasteiger partial charge < -0.3 is 14.8 Å². The van der Waals surface area contributed by atoms with Crippen molar-refractivity contribution in [2.45, 2.75) is 13.0 Å². The molecule has 0 aliphatic heterocycles. The molecule has 0 spiro atoms. The third-order valence-electron chi connectivity index (χ3n) is 3.41. The number of fused-ring (bicyclic) bond motifs is 1. The SMILES string of the molecule is OCCc1c[nH]c2cc(F)cc(OCc3ccccc3)c12. The number of benzene rings is 2. The van der Waals surface area contributed by atoms with E-state index < -0.39 is 0 Å². The van der Waals surface area contributed by atoms with E-state index in [2.05, 4.69) is 4.98 Å². The molecule has 0 atom stereocenters. The number of aromatic amines is 1. The molecule has 2 aromatic carbocycles. The van der Waals surface area contributed by atoms with Gasteiger partial charge in [-0.3, -0.25) is 0 Å². The Bertz CT molecular complexity index is 737. The van der Waals surface area contributed by atoms with Crippen LogP contribution in [0.25, 0.3) is 10.9 Å². The number of hydrogen-bond donors (Lipinski definition) is 2. The molecule has 1 heterocycles. The van der Waals surface area contributed by atoms with Crippen LogP contribution in [0.15, 0.2) is 48.7 Å². The fraction of sp³-hybridized carbons (Fsp3) is 0.176. The first-order valence-electron chi connectivity index (χ1n) is 6.85. The summed E-state index contributed by atoms with van der Waals surface area (Å²) >= 11 is 0. The second-order valence-electron chi connectivity index (χ2n) is 4.89. The minimum absolute atomic E-state index is 0.0441. The summed E-state index contributed by atoms with van der Waals surface area (Å²) in [5.74, 6) is 0.154. The first-order chi connectivity index (χ1) is 10.3. The normalized spacial score (nSPS) is 11.0. The second kappa shape index (κ2) is 5.97. The van der Waals surface area contributed by atoms with Gasteiger partial charge in [-0.1, -0.05) is 30.3 Å². The number of aromatic nitrogens is 1. The van der Waals surface area contributed by atoms with E-state index in [0.29, 0.717) is 24.3 Å². The van der Waals surface area contributed by atoms with Crippen molar-refractivity contribution in [3.05, 3.63) is 65.6 Å². The highest BCUT2D eigenvalue weighted by molar-refractivity contribution is 5.89. The van der Waals surface area contributed by atoms with Gasteiger partial charge in [0.15, 0.2) is 0 Å². The van der Waals surface area contributed by atoms with Crippen LogP contribution in [0.2, 0.25) is 0 Å². The number of aliphatic hydroxyl groups excluding tert-OH is 1. The summed E-state index contributed by atoms with van der Waals surface area (Å²) in [5.41, 5.74) is 2.63. The summed E-state index contributed by atoms with van der Waals surface area (Å²) < 4.78 is 19.5. The molecule has 0 saturated heterocycles. The molecular formula is C17H16FNO2. The van der Waals surface area contributed by atoms with Gasteiger partial charge in [-0.2, -0.15) is 0 Å². The lowest BCUT2D eigenvalue weighted by Gasteiger charge is -2.09. The highest BCUT2D eigenvalue weighted by Gasteiger charge is 2.12. The molecule has 3 rings (SSSR count). The van der Waals surface area contributed by atoms with Crippen LogP contribution in [-0.4, -0.2) is 16.7 Å². The van der Waals surface area contributed by atoms with Gasteiger partial charge in [-0.05, 0) is 23.6 Å². The summed E-state index contributed by atoms with van der Waals surface area (Å²) in [7, 11) is 0. The van der Waals surface area contributed by atoms with Gasteiger partial charge >= 0.3 is 0 Å². The molecule has 0 fully saturated rings. The van der Waals surface area contributed by atoms with Gasteiger partial charge in [0.2, 0.25) is 0 Å². The van der Waals surface area contributed by atoms with Gasteiger partial charge in [-0.25, -0.2) is 4.39 Å². The number of H-pyrrole nitrogens is 1. The molecule has 108 valence electrons. The Morgan fingerprint density at radius 3 is 2.71 bits per heavy atom. The van der Waals surface area contributed by atoms with Crippen LogP contribution in [0.5, 0.6) is 5.75 Å². The summed E-state index contributed by atoms with van der Waals surface area (Å²) in [4.78, 5) is 3.02. The number of nitrogens with one attached hydrogen (secondary N) is 1. The van der Waals surface area contributed by atoms with E-state index in [0.717, 1.165) is 16.5 Å². The highest BCUT2D eigenvalue weighted by atomic mass is 19.1. The average molecular weight is 285 g/mol. The average Bonchev–Trinajstić information content (AvgIpc) is 2.89. The van der Waals surface area contributed by atoms with E-state index in [1.165, 1.54) is 12.1 Å². The van der Waals surface area contributed by atoms with Crippen molar-refractivity contribution in [3.8, 4) is 5.75 Å². The first kappa shape index (κ1) is 13.6. The fourth-order valence-corrected chi connectivity index (χ4v) is 2.43. The lowest BCUT2D eigenvalue weighted by molar-refractivity contribution is 0.298. The van der Waals surface area contributed by atoms with Crippen molar-refractivity contribution in [1.82, 2.24) is 4.98 Å². The molecule has 3 nitrogen and oxygen atoms in total. The smallest absolute Gasteiger partial charge is 0.132 e. The van der Waals surface area contributed by atoms with Crippen molar-refractivity contribution in [3.63, 3.8) is 0 Å². The van der Waals surface area contributed by atoms with E-state index in [9.17, 15) is 4.39 Å². The van der Waals surface area contributed by atoms with Crippen molar-refractivity contribution >= 4 is 10.9 Å². The van der Waals surface area contributed by atoms with Crippen LogP contribution in [0.1, 0.15) is 11.1 Å². The molecule has 0 bridgehead atoms. The van der Waals surface area contributed by atoms with Crippen molar-refractivity contribution in [2.75, 3.05) is 6.61 Å². The molecule has 0 radical (unpaired) electrons. The lowest BCUT2D eigenvalue weighted by atomic mass is 10.1. The zero-order chi connectivity index (χ0) is 14.7. The maximum Gasteiger partial charge on any atom is 0.132 e. The lowest BCUT2D eigenvalue weighted by Crippen LogP contribution is -1.97. The number of halogens is 1. The van der Waals surface area contributed by atoms with Crippen LogP contribution in [0, 0.1) is 5.82 Å². The maximum atomic E-state index is 13.7. The molecular weight excluding hydrogens is 269 g/mol. The molecule has 21 heavy (non-hydrogen) atoms. The largest absolute Gasteiger partial charge is 0.488 e. The zero-order valence-corrected chi connectivity index (χ0v) is 11.5.